The maximum absolute atomic E-state index is 10.7. The van der Waals surface area contributed by atoms with E-state index in [1.165, 1.54) is 0 Å². The SMILES string of the molecule is O=C(CCC(=O)C(=O)O)OCCO. The molecule has 13 heavy (non-hydrogen) atoms. The Hall–Kier alpha value is -1.43. The Balaban J connectivity index is 3.58. The summed E-state index contributed by atoms with van der Waals surface area (Å²) in [6.07, 6.45) is -0.648. The standard InChI is InChI=1S/C7H10O6/c8-3-4-13-6(10)2-1-5(9)7(11)12/h8H,1-4H2,(H,11,12). The number of carbonyl (C=O) groups excluding carboxylic acids is 2. The fraction of sp³-hybridized carbons (Fsp3) is 0.571. The van der Waals surface area contributed by atoms with Gasteiger partial charge in [0, 0.05) is 6.42 Å². The van der Waals surface area contributed by atoms with Gasteiger partial charge in [-0.1, -0.05) is 0 Å². The van der Waals surface area contributed by atoms with Crippen molar-refractivity contribution < 1.29 is 29.3 Å². The number of carbonyl (C=O) groups is 3. The van der Waals surface area contributed by atoms with Crippen LogP contribution in [0.1, 0.15) is 12.8 Å². The zero-order chi connectivity index (χ0) is 10.3. The fourth-order valence-corrected chi connectivity index (χ4v) is 0.554. The van der Waals surface area contributed by atoms with E-state index < -0.39 is 17.7 Å². The molecular weight excluding hydrogens is 180 g/mol. The number of esters is 1. The van der Waals surface area contributed by atoms with Crippen LogP contribution < -0.4 is 0 Å². The molecule has 0 aliphatic heterocycles. The third kappa shape index (κ3) is 5.80. The minimum atomic E-state index is -1.56. The molecule has 0 spiro atoms. The zero-order valence-corrected chi connectivity index (χ0v) is 6.86. The second kappa shape index (κ2) is 6.13. The van der Waals surface area contributed by atoms with E-state index in [1.54, 1.807) is 0 Å². The van der Waals surface area contributed by atoms with Crippen molar-refractivity contribution in [3.05, 3.63) is 0 Å². The Kier molecular flexibility index (Phi) is 5.45. The van der Waals surface area contributed by atoms with Gasteiger partial charge in [-0.05, 0) is 0 Å². The van der Waals surface area contributed by atoms with Gasteiger partial charge >= 0.3 is 11.9 Å². The first-order chi connectivity index (χ1) is 6.07. The van der Waals surface area contributed by atoms with Crippen LogP contribution in [0.4, 0.5) is 0 Å². The monoisotopic (exact) mass is 190 g/mol. The van der Waals surface area contributed by atoms with Crippen LogP contribution in [0.5, 0.6) is 0 Å². The van der Waals surface area contributed by atoms with Crippen molar-refractivity contribution in [3.63, 3.8) is 0 Å². The summed E-state index contributed by atoms with van der Waals surface area (Å²) in [6.45, 7) is -0.432. The van der Waals surface area contributed by atoms with Crippen LogP contribution in [0, 0.1) is 0 Å². The minimum Gasteiger partial charge on any atom is -0.476 e. The molecular formula is C7H10O6. The molecule has 74 valence electrons. The maximum Gasteiger partial charge on any atom is 0.372 e. The van der Waals surface area contributed by atoms with Crippen molar-refractivity contribution in [3.8, 4) is 0 Å². The normalized spacial score (nSPS) is 9.31. The predicted octanol–water partition coefficient (Wildman–Crippen LogP) is -1.04. The van der Waals surface area contributed by atoms with Crippen LogP contribution in [0.25, 0.3) is 0 Å². The van der Waals surface area contributed by atoms with Crippen LogP contribution in [0.2, 0.25) is 0 Å². The van der Waals surface area contributed by atoms with Gasteiger partial charge in [0.05, 0.1) is 13.0 Å². The highest BCUT2D eigenvalue weighted by Gasteiger charge is 2.13. The molecule has 0 fully saturated rings. The molecule has 0 amide bonds. The van der Waals surface area contributed by atoms with E-state index in [1.807, 2.05) is 0 Å². The summed E-state index contributed by atoms with van der Waals surface area (Å²) in [5.41, 5.74) is 0. The number of ketones is 1. The zero-order valence-electron chi connectivity index (χ0n) is 6.86. The van der Waals surface area contributed by atoms with Crippen LogP contribution in [0.15, 0.2) is 0 Å². The smallest absolute Gasteiger partial charge is 0.372 e. The average molecular weight is 190 g/mol. The number of carboxylic acids is 1. The summed E-state index contributed by atoms with van der Waals surface area (Å²) in [5.74, 6) is -3.28. The third-order valence-corrected chi connectivity index (χ3v) is 1.15. The molecule has 2 N–H and O–H groups in total. The fourth-order valence-electron chi connectivity index (χ4n) is 0.554. The van der Waals surface area contributed by atoms with Crippen molar-refractivity contribution >= 4 is 17.7 Å². The largest absolute Gasteiger partial charge is 0.476 e. The Labute approximate surface area is 74.1 Å². The molecule has 0 aromatic heterocycles. The first kappa shape index (κ1) is 11.6. The number of Topliss-reactive ketones (excluding diaryl/α,β-unsaturated/α-hetero) is 1. The summed E-state index contributed by atoms with van der Waals surface area (Å²) < 4.78 is 4.39. The molecule has 0 unspecified atom stereocenters. The van der Waals surface area contributed by atoms with Gasteiger partial charge in [0.1, 0.15) is 6.61 Å². The maximum atomic E-state index is 10.7. The lowest BCUT2D eigenvalue weighted by molar-refractivity contribution is -0.151. The number of aliphatic hydroxyl groups excluding tert-OH is 1. The van der Waals surface area contributed by atoms with Gasteiger partial charge in [-0.25, -0.2) is 4.79 Å². The topological polar surface area (TPSA) is 101 Å². The van der Waals surface area contributed by atoms with E-state index in [0.29, 0.717) is 0 Å². The van der Waals surface area contributed by atoms with Gasteiger partial charge in [-0.3, -0.25) is 9.59 Å². The molecule has 0 aliphatic carbocycles. The first-order valence-corrected chi connectivity index (χ1v) is 3.60. The molecule has 0 heterocycles. The van der Waals surface area contributed by atoms with Crippen molar-refractivity contribution in [2.75, 3.05) is 13.2 Å². The quantitative estimate of drug-likeness (QED) is 0.409. The number of rotatable bonds is 6. The van der Waals surface area contributed by atoms with Crippen LogP contribution in [-0.4, -0.2) is 41.1 Å². The van der Waals surface area contributed by atoms with Crippen molar-refractivity contribution in [2.24, 2.45) is 0 Å². The summed E-state index contributed by atoms with van der Waals surface area (Å²) in [7, 11) is 0. The van der Waals surface area contributed by atoms with E-state index in [9.17, 15) is 14.4 Å². The lowest BCUT2D eigenvalue weighted by Gasteiger charge is -2.00. The Morgan fingerprint density at radius 2 is 1.77 bits per heavy atom. The van der Waals surface area contributed by atoms with E-state index in [-0.39, 0.29) is 26.1 Å². The number of ether oxygens (including phenoxy) is 1. The number of hydrogen-bond acceptors (Lipinski definition) is 5. The average Bonchev–Trinajstić information content (AvgIpc) is 2.10. The lowest BCUT2D eigenvalue weighted by Crippen LogP contribution is -2.15. The number of aliphatic hydroxyl groups is 1. The molecule has 6 heteroatoms. The summed E-state index contributed by atoms with van der Waals surface area (Å²) in [5, 5.41) is 16.4. The highest BCUT2D eigenvalue weighted by atomic mass is 16.5. The molecule has 0 saturated heterocycles. The summed E-state index contributed by atoms with van der Waals surface area (Å²) in [6, 6.07) is 0. The van der Waals surface area contributed by atoms with Crippen molar-refractivity contribution in [1.82, 2.24) is 0 Å². The Morgan fingerprint density at radius 1 is 1.15 bits per heavy atom. The number of hydrogen-bond donors (Lipinski definition) is 2. The second-order valence-corrected chi connectivity index (χ2v) is 2.17. The number of carboxylic acid groups (broad SMARTS) is 1. The second-order valence-electron chi connectivity index (χ2n) is 2.17. The summed E-state index contributed by atoms with van der Waals surface area (Å²) >= 11 is 0. The van der Waals surface area contributed by atoms with Gasteiger partial charge in [-0.2, -0.15) is 0 Å². The lowest BCUT2D eigenvalue weighted by atomic mass is 10.2. The Morgan fingerprint density at radius 3 is 2.23 bits per heavy atom. The van der Waals surface area contributed by atoms with Gasteiger partial charge in [-0.15, -0.1) is 0 Å². The van der Waals surface area contributed by atoms with Crippen molar-refractivity contribution in [2.45, 2.75) is 12.8 Å². The van der Waals surface area contributed by atoms with Crippen LogP contribution in [0.3, 0.4) is 0 Å². The molecule has 0 aliphatic rings. The van der Waals surface area contributed by atoms with E-state index in [0.717, 1.165) is 0 Å². The highest BCUT2D eigenvalue weighted by molar-refractivity contribution is 6.32. The molecule has 0 radical (unpaired) electrons. The summed E-state index contributed by atoms with van der Waals surface area (Å²) in [4.78, 5) is 31.1. The predicted molar refractivity (Wildman–Crippen MR) is 39.9 cm³/mol. The van der Waals surface area contributed by atoms with Gasteiger partial charge in [0.2, 0.25) is 5.78 Å². The van der Waals surface area contributed by atoms with E-state index >= 15 is 0 Å². The molecule has 0 aromatic rings. The highest BCUT2D eigenvalue weighted by Crippen LogP contribution is 1.94. The van der Waals surface area contributed by atoms with Crippen LogP contribution >= 0.6 is 0 Å². The van der Waals surface area contributed by atoms with Gasteiger partial charge in [0.15, 0.2) is 0 Å². The van der Waals surface area contributed by atoms with Crippen molar-refractivity contribution in [1.29, 1.82) is 0 Å². The Bertz CT molecular complexity index is 209. The molecule has 0 rings (SSSR count). The molecule has 0 atom stereocenters. The van der Waals surface area contributed by atoms with E-state index in [4.69, 9.17) is 10.2 Å². The molecule has 0 saturated carbocycles. The van der Waals surface area contributed by atoms with Gasteiger partial charge in [0.25, 0.3) is 0 Å². The van der Waals surface area contributed by atoms with Crippen LogP contribution in [-0.2, 0) is 19.1 Å². The first-order valence-electron chi connectivity index (χ1n) is 3.60. The molecule has 0 bridgehead atoms. The van der Waals surface area contributed by atoms with E-state index in [2.05, 4.69) is 4.74 Å². The molecule has 6 nitrogen and oxygen atoms in total. The minimum absolute atomic E-state index is 0.139. The van der Waals surface area contributed by atoms with Gasteiger partial charge < -0.3 is 14.9 Å². The third-order valence-electron chi connectivity index (χ3n) is 1.15. The number of aliphatic carboxylic acids is 1. The molecule has 0 aromatic carbocycles.